The van der Waals surface area contributed by atoms with E-state index in [-0.39, 0.29) is 12.5 Å². The van der Waals surface area contributed by atoms with Crippen LogP contribution in [0.3, 0.4) is 0 Å². The largest absolute Gasteiger partial charge is 0.386 e. The SMILES string of the molecule is Cc1noc(C)c1C(=O)N(C)C[C@@]1(O)CCCN(c2ccccn2)C1. The summed E-state index contributed by atoms with van der Waals surface area (Å²) in [4.78, 5) is 20.7. The Balaban J connectivity index is 1.71. The van der Waals surface area contributed by atoms with Gasteiger partial charge in [-0.25, -0.2) is 4.98 Å². The molecular formula is C18H24N4O3. The molecule has 25 heavy (non-hydrogen) atoms. The third-order valence-corrected chi connectivity index (χ3v) is 4.65. The molecule has 1 fully saturated rings. The van der Waals surface area contributed by atoms with Crippen molar-refractivity contribution < 1.29 is 14.4 Å². The number of aliphatic hydroxyl groups is 1. The highest BCUT2D eigenvalue weighted by molar-refractivity contribution is 5.96. The summed E-state index contributed by atoms with van der Waals surface area (Å²) in [7, 11) is 1.70. The lowest BCUT2D eigenvalue weighted by Gasteiger charge is -2.41. The molecule has 1 aliphatic heterocycles. The minimum Gasteiger partial charge on any atom is -0.386 e. The Bertz CT molecular complexity index is 727. The van der Waals surface area contributed by atoms with E-state index in [2.05, 4.69) is 15.0 Å². The molecule has 134 valence electrons. The number of aromatic nitrogens is 2. The lowest BCUT2D eigenvalue weighted by Crippen LogP contribution is -2.55. The van der Waals surface area contributed by atoms with Crippen LogP contribution in [0.1, 0.15) is 34.7 Å². The van der Waals surface area contributed by atoms with E-state index in [1.165, 1.54) is 0 Å². The average molecular weight is 344 g/mol. The number of nitrogens with zero attached hydrogens (tertiary/aromatic N) is 4. The first kappa shape index (κ1) is 17.4. The fourth-order valence-electron chi connectivity index (χ4n) is 3.47. The molecule has 0 radical (unpaired) electrons. The standard InChI is InChI=1S/C18H24N4O3/c1-13-16(14(2)25-20-13)17(23)21(3)11-18(24)8-6-10-22(12-18)15-7-4-5-9-19-15/h4-5,7,9,24H,6,8,10-12H2,1-3H3/t18-/m0/s1. The van der Waals surface area contributed by atoms with E-state index < -0.39 is 5.60 Å². The number of hydrogen-bond donors (Lipinski definition) is 1. The van der Waals surface area contributed by atoms with Crippen LogP contribution >= 0.6 is 0 Å². The predicted octanol–water partition coefficient (Wildman–Crippen LogP) is 1.79. The van der Waals surface area contributed by atoms with Gasteiger partial charge in [0.15, 0.2) is 0 Å². The fourth-order valence-corrected chi connectivity index (χ4v) is 3.47. The maximum Gasteiger partial charge on any atom is 0.259 e. The second kappa shape index (κ2) is 6.84. The number of amides is 1. The first-order valence-corrected chi connectivity index (χ1v) is 8.46. The first-order chi connectivity index (χ1) is 11.9. The van der Waals surface area contributed by atoms with Crippen LogP contribution in [-0.4, -0.2) is 58.3 Å². The van der Waals surface area contributed by atoms with Crippen LogP contribution in [0, 0.1) is 13.8 Å². The highest BCUT2D eigenvalue weighted by atomic mass is 16.5. The lowest BCUT2D eigenvalue weighted by molar-refractivity contribution is -0.000202. The molecule has 1 amide bonds. The number of aryl methyl sites for hydroxylation is 2. The summed E-state index contributed by atoms with van der Waals surface area (Å²) in [5, 5.41) is 14.9. The van der Waals surface area contributed by atoms with Gasteiger partial charge in [0.2, 0.25) is 0 Å². The Morgan fingerprint density at radius 1 is 1.44 bits per heavy atom. The number of likely N-dealkylation sites (N-methyl/N-ethyl adjacent to an activating group) is 1. The summed E-state index contributed by atoms with van der Waals surface area (Å²) in [6.45, 7) is 5.01. The highest BCUT2D eigenvalue weighted by Gasteiger charge is 2.36. The quantitative estimate of drug-likeness (QED) is 0.910. The number of piperidine rings is 1. The normalized spacial score (nSPS) is 20.6. The second-order valence-electron chi connectivity index (χ2n) is 6.80. The van der Waals surface area contributed by atoms with Crippen molar-refractivity contribution in [1.82, 2.24) is 15.0 Å². The van der Waals surface area contributed by atoms with Gasteiger partial charge in [-0.2, -0.15) is 0 Å². The van der Waals surface area contributed by atoms with Crippen LogP contribution in [0.15, 0.2) is 28.9 Å². The number of rotatable bonds is 4. The monoisotopic (exact) mass is 344 g/mol. The van der Waals surface area contributed by atoms with Crippen molar-refractivity contribution in [3.05, 3.63) is 41.4 Å². The van der Waals surface area contributed by atoms with Crippen LogP contribution in [-0.2, 0) is 0 Å². The Morgan fingerprint density at radius 2 is 2.24 bits per heavy atom. The van der Waals surface area contributed by atoms with Crippen molar-refractivity contribution in [1.29, 1.82) is 0 Å². The highest BCUT2D eigenvalue weighted by Crippen LogP contribution is 2.26. The van der Waals surface area contributed by atoms with Crippen LogP contribution in [0.4, 0.5) is 5.82 Å². The Hall–Kier alpha value is -2.41. The molecule has 1 N–H and O–H groups in total. The molecule has 1 aliphatic rings. The molecular weight excluding hydrogens is 320 g/mol. The molecule has 3 heterocycles. The zero-order valence-electron chi connectivity index (χ0n) is 14.9. The first-order valence-electron chi connectivity index (χ1n) is 8.46. The average Bonchev–Trinajstić information content (AvgIpc) is 2.93. The van der Waals surface area contributed by atoms with Gasteiger partial charge < -0.3 is 19.4 Å². The zero-order chi connectivity index (χ0) is 18.0. The fraction of sp³-hybridized carbons (Fsp3) is 0.500. The number of hydrogen-bond acceptors (Lipinski definition) is 6. The summed E-state index contributed by atoms with van der Waals surface area (Å²) in [6.07, 6.45) is 3.24. The molecule has 1 saturated heterocycles. The molecule has 0 aliphatic carbocycles. The predicted molar refractivity (Wildman–Crippen MR) is 93.6 cm³/mol. The van der Waals surface area contributed by atoms with Gasteiger partial charge in [-0.05, 0) is 38.8 Å². The van der Waals surface area contributed by atoms with E-state index >= 15 is 0 Å². The molecule has 2 aromatic rings. The molecule has 3 rings (SSSR count). The number of anilines is 1. The molecule has 0 spiro atoms. The van der Waals surface area contributed by atoms with Crippen molar-refractivity contribution in [2.75, 3.05) is 31.6 Å². The van der Waals surface area contributed by atoms with Gasteiger partial charge in [0.1, 0.15) is 17.1 Å². The van der Waals surface area contributed by atoms with Gasteiger partial charge in [0, 0.05) is 26.3 Å². The van der Waals surface area contributed by atoms with Crippen LogP contribution in [0.5, 0.6) is 0 Å². The van der Waals surface area contributed by atoms with Gasteiger partial charge in [-0.15, -0.1) is 0 Å². The van der Waals surface area contributed by atoms with Crippen LogP contribution < -0.4 is 4.90 Å². The summed E-state index contributed by atoms with van der Waals surface area (Å²) in [6, 6.07) is 5.74. The van der Waals surface area contributed by atoms with Crippen LogP contribution in [0.2, 0.25) is 0 Å². The molecule has 0 bridgehead atoms. The molecule has 1 atom stereocenters. The minimum atomic E-state index is -0.973. The maximum absolute atomic E-state index is 12.7. The summed E-state index contributed by atoms with van der Waals surface area (Å²) < 4.78 is 5.08. The number of pyridine rings is 1. The summed E-state index contributed by atoms with van der Waals surface area (Å²) in [5.41, 5.74) is 0.0719. The Labute approximate surface area is 147 Å². The molecule has 0 saturated carbocycles. The van der Waals surface area contributed by atoms with Gasteiger partial charge in [0.25, 0.3) is 5.91 Å². The number of carbonyl (C=O) groups is 1. The Morgan fingerprint density at radius 3 is 2.88 bits per heavy atom. The maximum atomic E-state index is 12.7. The van der Waals surface area contributed by atoms with E-state index in [0.29, 0.717) is 30.0 Å². The zero-order valence-corrected chi connectivity index (χ0v) is 14.9. The van der Waals surface area contributed by atoms with E-state index in [0.717, 1.165) is 18.8 Å². The molecule has 7 nitrogen and oxygen atoms in total. The van der Waals surface area contributed by atoms with E-state index in [4.69, 9.17) is 4.52 Å². The smallest absolute Gasteiger partial charge is 0.259 e. The van der Waals surface area contributed by atoms with Gasteiger partial charge >= 0.3 is 0 Å². The van der Waals surface area contributed by atoms with Crippen molar-refractivity contribution in [2.45, 2.75) is 32.3 Å². The van der Waals surface area contributed by atoms with Crippen molar-refractivity contribution in [3.63, 3.8) is 0 Å². The van der Waals surface area contributed by atoms with E-state index in [1.54, 1.807) is 32.0 Å². The number of carbonyl (C=O) groups excluding carboxylic acids is 1. The summed E-state index contributed by atoms with van der Waals surface area (Å²) >= 11 is 0. The molecule has 2 aromatic heterocycles. The molecule has 0 aromatic carbocycles. The molecule has 7 heteroatoms. The third kappa shape index (κ3) is 3.66. The van der Waals surface area contributed by atoms with Gasteiger partial charge in [-0.1, -0.05) is 11.2 Å². The minimum absolute atomic E-state index is 0.181. The van der Waals surface area contributed by atoms with E-state index in [9.17, 15) is 9.90 Å². The summed E-state index contributed by atoms with van der Waals surface area (Å²) in [5.74, 6) is 1.17. The third-order valence-electron chi connectivity index (χ3n) is 4.65. The Kier molecular flexibility index (Phi) is 4.76. The van der Waals surface area contributed by atoms with Crippen LogP contribution in [0.25, 0.3) is 0 Å². The van der Waals surface area contributed by atoms with Gasteiger partial charge in [0.05, 0.1) is 17.8 Å². The number of β-amino-alcohol motifs (C(OH)–C–C–N with tert-alkyl or cyclic N) is 1. The van der Waals surface area contributed by atoms with Crippen molar-refractivity contribution in [2.24, 2.45) is 0 Å². The van der Waals surface area contributed by atoms with Gasteiger partial charge in [-0.3, -0.25) is 4.79 Å². The molecule has 0 unspecified atom stereocenters. The van der Waals surface area contributed by atoms with Crippen molar-refractivity contribution >= 4 is 11.7 Å². The van der Waals surface area contributed by atoms with E-state index in [1.807, 2.05) is 18.2 Å². The van der Waals surface area contributed by atoms with Crippen molar-refractivity contribution in [3.8, 4) is 0 Å². The second-order valence-corrected chi connectivity index (χ2v) is 6.80. The lowest BCUT2D eigenvalue weighted by atomic mass is 9.92. The topological polar surface area (TPSA) is 82.7 Å².